The molecule has 1 aromatic heterocycles. The normalized spacial score (nSPS) is 30.2. The number of aliphatic carboxylic acids is 1. The highest BCUT2D eigenvalue weighted by molar-refractivity contribution is 5.71. The first kappa shape index (κ1) is 11.2. The lowest BCUT2D eigenvalue weighted by atomic mass is 9.73. The second-order valence-electron chi connectivity index (χ2n) is 4.88. The van der Waals surface area contributed by atoms with Gasteiger partial charge in [-0.15, -0.1) is 0 Å². The molecule has 4 nitrogen and oxygen atoms in total. The molecule has 0 spiro atoms. The van der Waals surface area contributed by atoms with Crippen LogP contribution in [0.4, 0.5) is 0 Å². The number of aryl methyl sites for hydroxylation is 1. The van der Waals surface area contributed by atoms with Crippen LogP contribution in [0.1, 0.15) is 37.8 Å². The Hall–Kier alpha value is -1.32. The lowest BCUT2D eigenvalue weighted by molar-refractivity contribution is -0.143. The molecule has 4 heteroatoms. The standard InChI is InChI=1S/C12H18N2O2/c1-8-3-4-9(12(15)16)10(7-8)11-5-6-14(2)13-11/h5-6,8-10H,3-4,7H2,1-2H3,(H,15,16). The fraction of sp³-hybridized carbons (Fsp3) is 0.667. The van der Waals surface area contributed by atoms with Crippen LogP contribution < -0.4 is 0 Å². The van der Waals surface area contributed by atoms with Gasteiger partial charge in [0.2, 0.25) is 0 Å². The fourth-order valence-electron chi connectivity index (χ4n) is 2.63. The number of nitrogens with zero attached hydrogens (tertiary/aromatic N) is 2. The van der Waals surface area contributed by atoms with Crippen molar-refractivity contribution in [3.8, 4) is 0 Å². The molecule has 1 aliphatic rings. The predicted octanol–water partition coefficient (Wildman–Crippen LogP) is 2.02. The summed E-state index contributed by atoms with van der Waals surface area (Å²) < 4.78 is 1.74. The van der Waals surface area contributed by atoms with Crippen molar-refractivity contribution in [1.82, 2.24) is 9.78 Å². The summed E-state index contributed by atoms with van der Waals surface area (Å²) in [4.78, 5) is 11.2. The molecule has 1 aromatic rings. The van der Waals surface area contributed by atoms with E-state index in [0.717, 1.165) is 25.0 Å². The van der Waals surface area contributed by atoms with Crippen LogP contribution in [-0.2, 0) is 11.8 Å². The van der Waals surface area contributed by atoms with E-state index in [2.05, 4.69) is 12.0 Å². The minimum atomic E-state index is -0.678. The lowest BCUT2D eigenvalue weighted by Gasteiger charge is -2.31. The highest BCUT2D eigenvalue weighted by atomic mass is 16.4. The highest BCUT2D eigenvalue weighted by Crippen LogP contribution is 2.39. The van der Waals surface area contributed by atoms with E-state index < -0.39 is 5.97 Å². The fourth-order valence-corrected chi connectivity index (χ4v) is 2.63. The smallest absolute Gasteiger partial charge is 0.307 e. The summed E-state index contributed by atoms with van der Waals surface area (Å²) in [7, 11) is 1.87. The predicted molar refractivity (Wildman–Crippen MR) is 60.1 cm³/mol. The molecule has 1 fully saturated rings. The van der Waals surface area contributed by atoms with Gasteiger partial charge in [0.05, 0.1) is 11.6 Å². The summed E-state index contributed by atoms with van der Waals surface area (Å²) in [5, 5.41) is 13.6. The Morgan fingerprint density at radius 3 is 2.88 bits per heavy atom. The van der Waals surface area contributed by atoms with Crippen molar-refractivity contribution in [2.24, 2.45) is 18.9 Å². The van der Waals surface area contributed by atoms with Gasteiger partial charge in [0.15, 0.2) is 0 Å². The largest absolute Gasteiger partial charge is 0.481 e. The van der Waals surface area contributed by atoms with Crippen molar-refractivity contribution in [1.29, 1.82) is 0 Å². The molecule has 16 heavy (non-hydrogen) atoms. The molecule has 1 aliphatic carbocycles. The van der Waals surface area contributed by atoms with Gasteiger partial charge in [0.25, 0.3) is 0 Å². The molecule has 1 saturated carbocycles. The van der Waals surface area contributed by atoms with Gasteiger partial charge in [-0.2, -0.15) is 5.10 Å². The van der Waals surface area contributed by atoms with Crippen LogP contribution >= 0.6 is 0 Å². The topological polar surface area (TPSA) is 55.1 Å². The van der Waals surface area contributed by atoms with Gasteiger partial charge < -0.3 is 5.11 Å². The summed E-state index contributed by atoms with van der Waals surface area (Å²) in [6.07, 6.45) is 4.61. The molecule has 0 amide bonds. The van der Waals surface area contributed by atoms with E-state index in [1.807, 2.05) is 19.3 Å². The average Bonchev–Trinajstić information content (AvgIpc) is 2.64. The maximum Gasteiger partial charge on any atom is 0.307 e. The molecule has 2 rings (SSSR count). The molecule has 0 bridgehead atoms. The third kappa shape index (κ3) is 2.10. The van der Waals surface area contributed by atoms with Crippen molar-refractivity contribution in [3.05, 3.63) is 18.0 Å². The zero-order chi connectivity index (χ0) is 11.7. The van der Waals surface area contributed by atoms with Crippen LogP contribution in [0.3, 0.4) is 0 Å². The number of hydrogen-bond acceptors (Lipinski definition) is 2. The second kappa shape index (κ2) is 4.28. The van der Waals surface area contributed by atoms with E-state index in [1.165, 1.54) is 0 Å². The average molecular weight is 222 g/mol. The first-order valence-corrected chi connectivity index (χ1v) is 5.80. The third-order valence-electron chi connectivity index (χ3n) is 3.54. The van der Waals surface area contributed by atoms with Gasteiger partial charge in [-0.25, -0.2) is 0 Å². The van der Waals surface area contributed by atoms with Crippen LogP contribution in [0.2, 0.25) is 0 Å². The highest BCUT2D eigenvalue weighted by Gasteiger charge is 2.35. The molecule has 1 N–H and O–H groups in total. The number of carboxylic acids is 1. The van der Waals surface area contributed by atoms with E-state index >= 15 is 0 Å². The van der Waals surface area contributed by atoms with E-state index in [-0.39, 0.29) is 11.8 Å². The van der Waals surface area contributed by atoms with Crippen molar-refractivity contribution in [2.75, 3.05) is 0 Å². The Kier molecular flexibility index (Phi) is 2.99. The second-order valence-corrected chi connectivity index (χ2v) is 4.88. The molecule has 0 aromatic carbocycles. The summed E-state index contributed by atoms with van der Waals surface area (Å²) in [6, 6.07) is 1.94. The first-order chi connectivity index (χ1) is 7.58. The number of carbonyl (C=O) groups is 1. The summed E-state index contributed by atoms with van der Waals surface area (Å²) in [5.41, 5.74) is 0.932. The Balaban J connectivity index is 2.23. The summed E-state index contributed by atoms with van der Waals surface area (Å²) in [6.45, 7) is 2.19. The number of carboxylic acid groups (broad SMARTS) is 1. The van der Waals surface area contributed by atoms with Gasteiger partial charge >= 0.3 is 5.97 Å². The monoisotopic (exact) mass is 222 g/mol. The maximum atomic E-state index is 11.2. The van der Waals surface area contributed by atoms with Gasteiger partial charge in [-0.1, -0.05) is 6.92 Å². The third-order valence-corrected chi connectivity index (χ3v) is 3.54. The molecule has 3 unspecified atom stereocenters. The Morgan fingerprint density at radius 2 is 2.31 bits per heavy atom. The Morgan fingerprint density at radius 1 is 1.56 bits per heavy atom. The molecule has 0 saturated heterocycles. The van der Waals surface area contributed by atoms with E-state index in [4.69, 9.17) is 0 Å². The molecular formula is C12H18N2O2. The van der Waals surface area contributed by atoms with Gasteiger partial charge in [0, 0.05) is 19.2 Å². The maximum absolute atomic E-state index is 11.2. The van der Waals surface area contributed by atoms with E-state index in [9.17, 15) is 9.90 Å². The molecule has 0 aliphatic heterocycles. The molecule has 1 heterocycles. The van der Waals surface area contributed by atoms with Gasteiger partial charge in [0.1, 0.15) is 0 Å². The van der Waals surface area contributed by atoms with Crippen molar-refractivity contribution in [2.45, 2.75) is 32.1 Å². The van der Waals surface area contributed by atoms with Crippen LogP contribution in [0.15, 0.2) is 12.3 Å². The zero-order valence-corrected chi connectivity index (χ0v) is 9.76. The van der Waals surface area contributed by atoms with E-state index in [0.29, 0.717) is 5.92 Å². The van der Waals surface area contributed by atoms with Crippen molar-refractivity contribution >= 4 is 5.97 Å². The lowest BCUT2D eigenvalue weighted by Crippen LogP contribution is -2.28. The SMILES string of the molecule is CC1CCC(C(=O)O)C(c2ccn(C)n2)C1. The number of hydrogen-bond donors (Lipinski definition) is 1. The quantitative estimate of drug-likeness (QED) is 0.833. The van der Waals surface area contributed by atoms with Crippen LogP contribution in [0.5, 0.6) is 0 Å². The number of aromatic nitrogens is 2. The summed E-state index contributed by atoms with van der Waals surface area (Å²) >= 11 is 0. The minimum absolute atomic E-state index is 0.0856. The van der Waals surface area contributed by atoms with Gasteiger partial charge in [-0.05, 0) is 31.2 Å². The Bertz CT molecular complexity index is 386. The molecule has 88 valence electrons. The molecular weight excluding hydrogens is 204 g/mol. The van der Waals surface area contributed by atoms with Crippen molar-refractivity contribution < 1.29 is 9.90 Å². The zero-order valence-electron chi connectivity index (χ0n) is 9.76. The Labute approximate surface area is 95.3 Å². The number of rotatable bonds is 2. The van der Waals surface area contributed by atoms with E-state index in [1.54, 1.807) is 4.68 Å². The van der Waals surface area contributed by atoms with Crippen LogP contribution in [0.25, 0.3) is 0 Å². The van der Waals surface area contributed by atoms with Gasteiger partial charge in [-0.3, -0.25) is 9.48 Å². The van der Waals surface area contributed by atoms with Crippen LogP contribution in [0, 0.1) is 11.8 Å². The molecule has 3 atom stereocenters. The first-order valence-electron chi connectivity index (χ1n) is 5.80. The van der Waals surface area contributed by atoms with Crippen molar-refractivity contribution in [3.63, 3.8) is 0 Å². The molecule has 0 radical (unpaired) electrons. The van der Waals surface area contributed by atoms with Crippen LogP contribution in [-0.4, -0.2) is 20.9 Å². The minimum Gasteiger partial charge on any atom is -0.481 e. The summed E-state index contributed by atoms with van der Waals surface area (Å²) in [5.74, 6) is -0.251.